The molecule has 0 aliphatic rings. The van der Waals surface area contributed by atoms with Gasteiger partial charge in [0.15, 0.2) is 0 Å². The molecular formula is C16H22N2O3. The van der Waals surface area contributed by atoms with Crippen molar-refractivity contribution < 1.29 is 14.3 Å². The molecule has 1 unspecified atom stereocenters. The molecule has 1 amide bonds. The Morgan fingerprint density at radius 2 is 2.33 bits per heavy atom. The first-order valence-corrected chi connectivity index (χ1v) is 7.11. The van der Waals surface area contributed by atoms with Crippen LogP contribution in [0.25, 0.3) is 6.08 Å². The van der Waals surface area contributed by atoms with Gasteiger partial charge in [-0.05, 0) is 36.8 Å². The van der Waals surface area contributed by atoms with E-state index in [1.807, 2.05) is 6.07 Å². The third kappa shape index (κ3) is 6.28. The van der Waals surface area contributed by atoms with Crippen LogP contribution in [-0.4, -0.2) is 24.2 Å². The standard InChI is InChI=1S/C16H22N2O3/c1-12(2)8-13(5-6-19)11-18-16(20)14(10-17)9-15-4-3-7-21-15/h3-4,7,9,12-13,19H,5-6,8,11H2,1-2H3,(H,18,20)/b14-9+. The highest BCUT2D eigenvalue weighted by molar-refractivity contribution is 6.01. The summed E-state index contributed by atoms with van der Waals surface area (Å²) < 4.78 is 5.09. The quantitative estimate of drug-likeness (QED) is 0.568. The SMILES string of the molecule is CC(C)CC(CCO)CNC(=O)/C(C#N)=C/c1ccco1. The monoisotopic (exact) mass is 290 g/mol. The predicted molar refractivity (Wildman–Crippen MR) is 80.0 cm³/mol. The average molecular weight is 290 g/mol. The minimum atomic E-state index is -0.416. The van der Waals surface area contributed by atoms with E-state index in [-0.39, 0.29) is 18.1 Å². The van der Waals surface area contributed by atoms with Gasteiger partial charge >= 0.3 is 0 Å². The number of rotatable bonds is 8. The first kappa shape index (κ1) is 17.0. The third-order valence-electron chi connectivity index (χ3n) is 3.09. The van der Waals surface area contributed by atoms with Crippen LogP contribution in [0.2, 0.25) is 0 Å². The Hall–Kier alpha value is -2.06. The van der Waals surface area contributed by atoms with Crippen molar-refractivity contribution in [2.24, 2.45) is 11.8 Å². The first-order chi connectivity index (χ1) is 10.1. The molecule has 0 spiro atoms. The van der Waals surface area contributed by atoms with Crippen molar-refractivity contribution in [2.45, 2.75) is 26.7 Å². The summed E-state index contributed by atoms with van der Waals surface area (Å²) in [6.45, 7) is 4.75. The zero-order valence-electron chi connectivity index (χ0n) is 12.5. The van der Waals surface area contributed by atoms with Crippen LogP contribution >= 0.6 is 0 Å². The Kier molecular flexibility index (Phi) is 7.27. The molecule has 1 atom stereocenters. The van der Waals surface area contributed by atoms with Gasteiger partial charge in [0.05, 0.1) is 6.26 Å². The van der Waals surface area contributed by atoms with Gasteiger partial charge in [-0.3, -0.25) is 4.79 Å². The van der Waals surface area contributed by atoms with Gasteiger partial charge in [-0.25, -0.2) is 0 Å². The van der Waals surface area contributed by atoms with Gasteiger partial charge in [0, 0.05) is 19.2 Å². The van der Waals surface area contributed by atoms with E-state index in [0.717, 1.165) is 6.42 Å². The van der Waals surface area contributed by atoms with E-state index in [1.54, 1.807) is 12.1 Å². The molecule has 0 saturated heterocycles. The summed E-state index contributed by atoms with van der Waals surface area (Å²) in [5, 5.41) is 20.9. The number of nitrogens with zero attached hydrogens (tertiary/aromatic N) is 1. The van der Waals surface area contributed by atoms with E-state index in [9.17, 15) is 4.79 Å². The van der Waals surface area contributed by atoms with Crippen molar-refractivity contribution in [1.29, 1.82) is 5.26 Å². The molecule has 0 aliphatic heterocycles. The van der Waals surface area contributed by atoms with Crippen molar-refractivity contribution in [1.82, 2.24) is 5.32 Å². The lowest BCUT2D eigenvalue weighted by Crippen LogP contribution is -2.31. The van der Waals surface area contributed by atoms with E-state index >= 15 is 0 Å². The van der Waals surface area contributed by atoms with Crippen LogP contribution in [0, 0.1) is 23.2 Å². The maximum atomic E-state index is 12.0. The first-order valence-electron chi connectivity index (χ1n) is 7.11. The Labute approximate surface area is 125 Å². The molecule has 0 fully saturated rings. The van der Waals surface area contributed by atoms with E-state index in [0.29, 0.717) is 24.6 Å². The van der Waals surface area contributed by atoms with Gasteiger partial charge in [0.2, 0.25) is 0 Å². The lowest BCUT2D eigenvalue weighted by molar-refractivity contribution is -0.117. The topological polar surface area (TPSA) is 86.3 Å². The largest absolute Gasteiger partial charge is 0.465 e. The van der Waals surface area contributed by atoms with Crippen molar-refractivity contribution >= 4 is 12.0 Å². The molecule has 0 aliphatic carbocycles. The summed E-state index contributed by atoms with van der Waals surface area (Å²) >= 11 is 0. The van der Waals surface area contributed by atoms with Gasteiger partial charge in [0.25, 0.3) is 5.91 Å². The molecule has 0 bridgehead atoms. The van der Waals surface area contributed by atoms with Crippen LogP contribution in [0.4, 0.5) is 0 Å². The van der Waals surface area contributed by atoms with E-state index in [2.05, 4.69) is 19.2 Å². The number of nitriles is 1. The van der Waals surface area contributed by atoms with Gasteiger partial charge < -0.3 is 14.8 Å². The van der Waals surface area contributed by atoms with Gasteiger partial charge in [-0.2, -0.15) is 5.26 Å². The summed E-state index contributed by atoms with van der Waals surface area (Å²) in [5.41, 5.74) is 0.0113. The second-order valence-electron chi connectivity index (χ2n) is 5.40. The van der Waals surface area contributed by atoms with Crippen LogP contribution in [0.5, 0.6) is 0 Å². The number of carbonyl (C=O) groups is 1. The smallest absolute Gasteiger partial charge is 0.262 e. The average Bonchev–Trinajstić information content (AvgIpc) is 2.94. The molecule has 1 aromatic heterocycles. The fourth-order valence-corrected chi connectivity index (χ4v) is 2.15. The van der Waals surface area contributed by atoms with E-state index in [1.165, 1.54) is 12.3 Å². The van der Waals surface area contributed by atoms with Crippen LogP contribution in [0.15, 0.2) is 28.4 Å². The molecule has 1 rings (SSSR count). The number of amides is 1. The summed E-state index contributed by atoms with van der Waals surface area (Å²) in [6.07, 6.45) is 4.46. The van der Waals surface area contributed by atoms with Gasteiger partial charge in [-0.1, -0.05) is 13.8 Å². The molecule has 21 heavy (non-hydrogen) atoms. The number of aliphatic hydroxyl groups excluding tert-OH is 1. The molecule has 2 N–H and O–H groups in total. The molecular weight excluding hydrogens is 268 g/mol. The molecule has 5 heteroatoms. The van der Waals surface area contributed by atoms with Gasteiger partial charge in [-0.15, -0.1) is 0 Å². The Balaban J connectivity index is 2.60. The summed E-state index contributed by atoms with van der Waals surface area (Å²) in [6, 6.07) is 5.25. The Morgan fingerprint density at radius 3 is 2.86 bits per heavy atom. The maximum absolute atomic E-state index is 12.0. The normalized spacial score (nSPS) is 13.0. The van der Waals surface area contributed by atoms with Crippen molar-refractivity contribution in [3.8, 4) is 6.07 Å². The molecule has 1 aromatic rings. The molecule has 1 heterocycles. The fourth-order valence-electron chi connectivity index (χ4n) is 2.15. The zero-order valence-corrected chi connectivity index (χ0v) is 12.5. The summed E-state index contributed by atoms with van der Waals surface area (Å²) in [4.78, 5) is 12.0. The van der Waals surface area contributed by atoms with Crippen molar-refractivity contribution in [2.75, 3.05) is 13.2 Å². The Bertz CT molecular complexity index is 498. The van der Waals surface area contributed by atoms with Gasteiger partial charge in [0.1, 0.15) is 17.4 Å². The molecule has 114 valence electrons. The van der Waals surface area contributed by atoms with Crippen LogP contribution in [0.3, 0.4) is 0 Å². The second kappa shape index (κ2) is 8.98. The van der Waals surface area contributed by atoms with Crippen molar-refractivity contribution in [3.05, 3.63) is 29.7 Å². The number of nitrogens with one attached hydrogen (secondary N) is 1. The minimum absolute atomic E-state index is 0.0113. The second-order valence-corrected chi connectivity index (χ2v) is 5.40. The molecule has 0 radical (unpaired) electrons. The number of furan rings is 1. The highest BCUT2D eigenvalue weighted by Gasteiger charge is 2.14. The number of aliphatic hydroxyl groups is 1. The van der Waals surface area contributed by atoms with E-state index < -0.39 is 5.91 Å². The lowest BCUT2D eigenvalue weighted by Gasteiger charge is -2.18. The van der Waals surface area contributed by atoms with Crippen LogP contribution in [0.1, 0.15) is 32.4 Å². The highest BCUT2D eigenvalue weighted by Crippen LogP contribution is 2.14. The minimum Gasteiger partial charge on any atom is -0.465 e. The highest BCUT2D eigenvalue weighted by atomic mass is 16.3. The predicted octanol–water partition coefficient (Wildman–Crippen LogP) is 2.35. The maximum Gasteiger partial charge on any atom is 0.262 e. The summed E-state index contributed by atoms with van der Waals surface area (Å²) in [7, 11) is 0. The lowest BCUT2D eigenvalue weighted by atomic mass is 9.94. The molecule has 5 nitrogen and oxygen atoms in total. The van der Waals surface area contributed by atoms with E-state index in [4.69, 9.17) is 14.8 Å². The number of hydrogen-bond donors (Lipinski definition) is 2. The van der Waals surface area contributed by atoms with Crippen LogP contribution in [-0.2, 0) is 4.79 Å². The molecule has 0 aromatic carbocycles. The third-order valence-corrected chi connectivity index (χ3v) is 3.09. The fraction of sp³-hybridized carbons (Fsp3) is 0.500. The van der Waals surface area contributed by atoms with Crippen molar-refractivity contribution in [3.63, 3.8) is 0 Å². The van der Waals surface area contributed by atoms with Crippen LogP contribution < -0.4 is 5.32 Å². The molecule has 0 saturated carbocycles. The number of carbonyl (C=O) groups excluding carboxylic acids is 1. The summed E-state index contributed by atoms with van der Waals surface area (Å²) in [5.74, 6) is 0.756. The zero-order chi connectivity index (χ0) is 15.7. The Morgan fingerprint density at radius 1 is 1.57 bits per heavy atom. The number of hydrogen-bond acceptors (Lipinski definition) is 4.